The fraction of sp³-hybridized carbons (Fsp3) is 0.538. The topological polar surface area (TPSA) is 35.5 Å². The van der Waals surface area contributed by atoms with E-state index in [1.807, 2.05) is 32.0 Å². The van der Waals surface area contributed by atoms with Gasteiger partial charge in [-0.15, -0.1) is 0 Å². The van der Waals surface area contributed by atoms with E-state index in [1.54, 1.807) is 0 Å². The summed E-state index contributed by atoms with van der Waals surface area (Å²) in [6.07, 6.45) is 2.24. The highest BCUT2D eigenvalue weighted by Gasteiger charge is 2.20. The predicted molar refractivity (Wildman–Crippen MR) is 70.5 cm³/mol. The summed E-state index contributed by atoms with van der Waals surface area (Å²) in [4.78, 5) is 0. The van der Waals surface area contributed by atoms with E-state index in [-0.39, 0.29) is 0 Å². The van der Waals surface area contributed by atoms with Crippen molar-refractivity contribution in [3.05, 3.63) is 35.9 Å². The van der Waals surface area contributed by atoms with Gasteiger partial charge < -0.3 is 9.05 Å². The highest BCUT2D eigenvalue weighted by Crippen LogP contribution is 2.47. The first kappa shape index (κ1) is 14.4. The van der Waals surface area contributed by atoms with Gasteiger partial charge in [-0.25, -0.2) is 0 Å². The lowest BCUT2D eigenvalue weighted by Gasteiger charge is -2.15. The third kappa shape index (κ3) is 5.49. The predicted octanol–water partition coefficient (Wildman–Crippen LogP) is 3.89. The minimum atomic E-state index is -2.82. The average Bonchev–Trinajstić information content (AvgIpc) is 2.36. The first-order valence-electron chi connectivity index (χ1n) is 6.12. The molecule has 96 valence electrons. The molecule has 0 fully saturated rings. The molecular weight excluding hydrogens is 235 g/mol. The van der Waals surface area contributed by atoms with Gasteiger partial charge in [0.05, 0.1) is 13.2 Å². The lowest BCUT2D eigenvalue weighted by molar-refractivity contribution is 0.211. The fourth-order valence-electron chi connectivity index (χ4n) is 1.54. The summed E-state index contributed by atoms with van der Waals surface area (Å²) in [6, 6.07) is 10.2. The number of hydrogen-bond donors (Lipinski definition) is 0. The van der Waals surface area contributed by atoms with Crippen LogP contribution in [0.4, 0.5) is 0 Å². The van der Waals surface area contributed by atoms with Crippen LogP contribution in [-0.2, 0) is 20.0 Å². The molecule has 1 aromatic carbocycles. The molecule has 0 saturated heterocycles. The minimum absolute atomic E-state index is 0.434. The van der Waals surface area contributed by atoms with Crippen LogP contribution in [0.25, 0.3) is 0 Å². The van der Waals surface area contributed by atoms with Gasteiger partial charge in [-0.3, -0.25) is 4.57 Å². The quantitative estimate of drug-likeness (QED) is 0.523. The number of aryl methyl sites for hydroxylation is 1. The van der Waals surface area contributed by atoms with Crippen LogP contribution in [-0.4, -0.2) is 19.4 Å². The van der Waals surface area contributed by atoms with Crippen LogP contribution in [0.2, 0.25) is 0 Å². The van der Waals surface area contributed by atoms with Crippen LogP contribution in [0.15, 0.2) is 30.3 Å². The van der Waals surface area contributed by atoms with Gasteiger partial charge in [0.25, 0.3) is 0 Å². The van der Waals surface area contributed by atoms with Crippen LogP contribution in [0.3, 0.4) is 0 Å². The smallest absolute Gasteiger partial charge is 0.309 e. The Balaban J connectivity index is 2.26. The van der Waals surface area contributed by atoms with E-state index in [9.17, 15) is 4.57 Å². The highest BCUT2D eigenvalue weighted by molar-refractivity contribution is 7.53. The monoisotopic (exact) mass is 256 g/mol. The summed E-state index contributed by atoms with van der Waals surface area (Å²) in [5.74, 6) is 0. The van der Waals surface area contributed by atoms with Gasteiger partial charge in [-0.2, -0.15) is 0 Å². The SMILES string of the molecule is CCOP(=O)(CC)OCCCc1ccccc1. The number of benzene rings is 1. The second kappa shape index (κ2) is 7.65. The Morgan fingerprint density at radius 1 is 1.12 bits per heavy atom. The van der Waals surface area contributed by atoms with E-state index >= 15 is 0 Å². The molecule has 0 bridgehead atoms. The van der Waals surface area contributed by atoms with Gasteiger partial charge in [0, 0.05) is 6.16 Å². The van der Waals surface area contributed by atoms with Crippen molar-refractivity contribution in [3.8, 4) is 0 Å². The van der Waals surface area contributed by atoms with Crippen molar-refractivity contribution < 1.29 is 13.6 Å². The molecule has 1 rings (SSSR count). The Kier molecular flexibility index (Phi) is 6.49. The van der Waals surface area contributed by atoms with Crippen molar-refractivity contribution >= 4 is 7.60 Å². The Morgan fingerprint density at radius 3 is 2.41 bits per heavy atom. The largest absolute Gasteiger partial charge is 0.330 e. The molecule has 1 unspecified atom stereocenters. The summed E-state index contributed by atoms with van der Waals surface area (Å²) < 4.78 is 22.5. The van der Waals surface area contributed by atoms with Gasteiger partial charge in [0.15, 0.2) is 0 Å². The molecule has 17 heavy (non-hydrogen) atoms. The van der Waals surface area contributed by atoms with E-state index in [0.29, 0.717) is 19.4 Å². The summed E-state index contributed by atoms with van der Waals surface area (Å²) >= 11 is 0. The maximum atomic E-state index is 11.9. The second-order valence-electron chi connectivity index (χ2n) is 3.77. The number of hydrogen-bond acceptors (Lipinski definition) is 3. The average molecular weight is 256 g/mol. The van der Waals surface area contributed by atoms with E-state index in [2.05, 4.69) is 12.1 Å². The lowest BCUT2D eigenvalue weighted by atomic mass is 10.1. The molecule has 0 aliphatic heterocycles. The van der Waals surface area contributed by atoms with Gasteiger partial charge >= 0.3 is 7.60 Å². The van der Waals surface area contributed by atoms with Crippen molar-refractivity contribution in [2.45, 2.75) is 26.7 Å². The third-order valence-corrected chi connectivity index (χ3v) is 4.46. The Labute approximate surface area is 104 Å². The first-order chi connectivity index (χ1) is 8.20. The molecule has 4 heteroatoms. The molecule has 0 radical (unpaired) electrons. The zero-order valence-corrected chi connectivity index (χ0v) is 11.5. The molecule has 0 amide bonds. The Bertz CT molecular complexity index is 351. The summed E-state index contributed by atoms with van der Waals surface area (Å²) in [5, 5.41) is 0. The Hall–Kier alpha value is -0.630. The molecule has 0 aromatic heterocycles. The van der Waals surface area contributed by atoms with E-state index in [0.717, 1.165) is 12.8 Å². The van der Waals surface area contributed by atoms with Gasteiger partial charge in [0.1, 0.15) is 0 Å². The summed E-state index contributed by atoms with van der Waals surface area (Å²) in [7, 11) is -2.82. The van der Waals surface area contributed by atoms with E-state index < -0.39 is 7.60 Å². The van der Waals surface area contributed by atoms with Crippen molar-refractivity contribution in [1.82, 2.24) is 0 Å². The molecular formula is C13H21O3P. The zero-order valence-electron chi connectivity index (χ0n) is 10.6. The van der Waals surface area contributed by atoms with Crippen molar-refractivity contribution in [2.24, 2.45) is 0 Å². The molecule has 0 aliphatic rings. The summed E-state index contributed by atoms with van der Waals surface area (Å²) in [5.41, 5.74) is 1.28. The normalized spacial score (nSPS) is 14.5. The van der Waals surface area contributed by atoms with Crippen LogP contribution < -0.4 is 0 Å². The minimum Gasteiger partial charge on any atom is -0.309 e. The van der Waals surface area contributed by atoms with Crippen molar-refractivity contribution in [1.29, 1.82) is 0 Å². The molecule has 3 nitrogen and oxygen atoms in total. The molecule has 1 atom stereocenters. The van der Waals surface area contributed by atoms with Gasteiger partial charge in [0.2, 0.25) is 0 Å². The molecule has 1 aromatic rings. The zero-order chi connectivity index (χ0) is 12.6. The highest BCUT2D eigenvalue weighted by atomic mass is 31.2. The molecule has 0 aliphatic carbocycles. The maximum absolute atomic E-state index is 11.9. The van der Waals surface area contributed by atoms with Crippen LogP contribution >= 0.6 is 7.60 Å². The molecule has 0 heterocycles. The first-order valence-corrected chi connectivity index (χ1v) is 7.85. The molecule has 0 spiro atoms. The van der Waals surface area contributed by atoms with Crippen LogP contribution in [0.5, 0.6) is 0 Å². The van der Waals surface area contributed by atoms with Crippen molar-refractivity contribution in [3.63, 3.8) is 0 Å². The fourth-order valence-corrected chi connectivity index (χ4v) is 2.78. The summed E-state index contributed by atoms with van der Waals surface area (Å²) in [6.45, 7) is 4.58. The van der Waals surface area contributed by atoms with Crippen molar-refractivity contribution in [2.75, 3.05) is 19.4 Å². The Morgan fingerprint density at radius 2 is 1.82 bits per heavy atom. The second-order valence-corrected chi connectivity index (χ2v) is 6.14. The van der Waals surface area contributed by atoms with Crippen LogP contribution in [0.1, 0.15) is 25.8 Å². The maximum Gasteiger partial charge on any atom is 0.330 e. The number of rotatable bonds is 8. The lowest BCUT2D eigenvalue weighted by Crippen LogP contribution is -2.00. The molecule has 0 N–H and O–H groups in total. The third-order valence-electron chi connectivity index (χ3n) is 2.45. The van der Waals surface area contributed by atoms with Gasteiger partial charge in [-0.05, 0) is 25.3 Å². The standard InChI is InChI=1S/C13H21O3P/c1-3-15-17(14,4-2)16-12-8-11-13-9-6-5-7-10-13/h5-7,9-10H,3-4,8,11-12H2,1-2H3. The van der Waals surface area contributed by atoms with E-state index in [4.69, 9.17) is 9.05 Å². The molecule has 0 saturated carbocycles. The van der Waals surface area contributed by atoms with E-state index in [1.165, 1.54) is 5.56 Å². The van der Waals surface area contributed by atoms with Gasteiger partial charge in [-0.1, -0.05) is 37.3 Å². The van der Waals surface area contributed by atoms with Crippen LogP contribution in [0, 0.1) is 0 Å².